The van der Waals surface area contributed by atoms with Crippen LogP contribution in [0.25, 0.3) is 6.08 Å². The van der Waals surface area contributed by atoms with Crippen molar-refractivity contribution < 1.29 is 19.2 Å². The first-order valence-electron chi connectivity index (χ1n) is 6.92. The molecule has 1 aliphatic rings. The van der Waals surface area contributed by atoms with Gasteiger partial charge in [-0.15, -0.1) is 0 Å². The largest absolute Gasteiger partial charge is 0.454 e. The van der Waals surface area contributed by atoms with E-state index >= 15 is 0 Å². The molecular weight excluding hydrogens is 298 g/mol. The summed E-state index contributed by atoms with van der Waals surface area (Å²) in [6.07, 6.45) is 2.74. The lowest BCUT2D eigenvalue weighted by Crippen LogP contribution is -1.95. The second-order valence-corrected chi connectivity index (χ2v) is 5.09. The Hall–Kier alpha value is -3.15. The Bertz CT molecular complexity index is 826. The van der Waals surface area contributed by atoms with Gasteiger partial charge in [-0.05, 0) is 31.2 Å². The molecule has 2 aromatic rings. The molecule has 2 aromatic carbocycles. The van der Waals surface area contributed by atoms with Crippen molar-refractivity contribution in [2.24, 2.45) is 0 Å². The van der Waals surface area contributed by atoms with Gasteiger partial charge in [0.1, 0.15) is 0 Å². The van der Waals surface area contributed by atoms with Gasteiger partial charge in [0.15, 0.2) is 17.3 Å². The Balaban J connectivity index is 1.93. The summed E-state index contributed by atoms with van der Waals surface area (Å²) >= 11 is 0. The Morgan fingerprint density at radius 2 is 1.96 bits per heavy atom. The molecule has 23 heavy (non-hydrogen) atoms. The average Bonchev–Trinajstić information content (AvgIpc) is 2.98. The number of nitro benzene ring substituents is 1. The van der Waals surface area contributed by atoms with Crippen molar-refractivity contribution >= 4 is 17.5 Å². The van der Waals surface area contributed by atoms with Crippen LogP contribution < -0.4 is 9.47 Å². The molecule has 0 spiro atoms. The minimum Gasteiger partial charge on any atom is -0.454 e. The summed E-state index contributed by atoms with van der Waals surface area (Å²) in [6, 6.07) is 9.96. The lowest BCUT2D eigenvalue weighted by Gasteiger charge is -2.01. The molecule has 0 fully saturated rings. The summed E-state index contributed by atoms with van der Waals surface area (Å²) in [6.45, 7) is 1.92. The van der Waals surface area contributed by atoms with E-state index in [4.69, 9.17) is 9.47 Å². The number of fused-ring (bicyclic) bond motifs is 1. The number of rotatable bonds is 4. The predicted molar refractivity (Wildman–Crippen MR) is 83.8 cm³/mol. The van der Waals surface area contributed by atoms with E-state index in [9.17, 15) is 14.9 Å². The van der Waals surface area contributed by atoms with E-state index in [0.717, 1.165) is 5.56 Å². The Morgan fingerprint density at radius 1 is 1.22 bits per heavy atom. The van der Waals surface area contributed by atoms with Crippen molar-refractivity contribution in [3.8, 4) is 11.5 Å². The number of carbonyl (C=O) groups is 1. The minimum atomic E-state index is -0.515. The molecule has 6 heteroatoms. The van der Waals surface area contributed by atoms with Crippen molar-refractivity contribution in [2.75, 3.05) is 6.79 Å². The Kier molecular flexibility index (Phi) is 3.80. The van der Waals surface area contributed by atoms with Crippen LogP contribution in [0.5, 0.6) is 11.5 Å². The van der Waals surface area contributed by atoms with Crippen LogP contribution in [-0.4, -0.2) is 17.5 Å². The second-order valence-electron chi connectivity index (χ2n) is 5.09. The van der Waals surface area contributed by atoms with E-state index in [2.05, 4.69) is 0 Å². The molecule has 1 aliphatic heterocycles. The van der Waals surface area contributed by atoms with Gasteiger partial charge in [0, 0.05) is 5.56 Å². The summed E-state index contributed by atoms with van der Waals surface area (Å²) in [4.78, 5) is 22.8. The van der Waals surface area contributed by atoms with Crippen LogP contribution >= 0.6 is 0 Å². The summed E-state index contributed by atoms with van der Waals surface area (Å²) in [7, 11) is 0. The maximum atomic E-state index is 12.2. The van der Waals surface area contributed by atoms with E-state index in [1.54, 1.807) is 18.2 Å². The minimum absolute atomic E-state index is 0.0296. The van der Waals surface area contributed by atoms with Gasteiger partial charge >= 0.3 is 0 Å². The number of ketones is 1. The summed E-state index contributed by atoms with van der Waals surface area (Å²) in [5.41, 5.74) is 1.66. The lowest BCUT2D eigenvalue weighted by molar-refractivity contribution is -0.385. The molecule has 1 heterocycles. The number of hydrogen-bond acceptors (Lipinski definition) is 5. The highest BCUT2D eigenvalue weighted by molar-refractivity contribution is 6.07. The number of aryl methyl sites for hydroxylation is 1. The summed E-state index contributed by atoms with van der Waals surface area (Å²) < 4.78 is 10.4. The zero-order chi connectivity index (χ0) is 16.4. The monoisotopic (exact) mass is 311 g/mol. The van der Waals surface area contributed by atoms with Gasteiger partial charge in [0.2, 0.25) is 6.79 Å². The van der Waals surface area contributed by atoms with Crippen molar-refractivity contribution in [2.45, 2.75) is 6.92 Å². The normalized spacial score (nSPS) is 12.6. The maximum absolute atomic E-state index is 12.2. The molecule has 116 valence electrons. The zero-order valence-corrected chi connectivity index (χ0v) is 12.3. The molecule has 0 bridgehead atoms. The van der Waals surface area contributed by atoms with E-state index < -0.39 is 4.92 Å². The first-order chi connectivity index (χ1) is 11.0. The molecule has 0 radical (unpaired) electrons. The zero-order valence-electron chi connectivity index (χ0n) is 12.3. The second kappa shape index (κ2) is 5.92. The van der Waals surface area contributed by atoms with E-state index in [-0.39, 0.29) is 18.3 Å². The SMILES string of the molecule is Cc1cccc(C(=O)/C=C/c2cc3c(cc2[N+](=O)[O-])OCO3)c1. The van der Waals surface area contributed by atoms with Crippen LogP contribution in [0.15, 0.2) is 42.5 Å². The first-order valence-corrected chi connectivity index (χ1v) is 6.92. The number of ether oxygens (including phenoxy) is 2. The third-order valence-corrected chi connectivity index (χ3v) is 3.44. The van der Waals surface area contributed by atoms with Crippen LogP contribution in [0.4, 0.5) is 5.69 Å². The summed E-state index contributed by atoms with van der Waals surface area (Å²) in [5.74, 6) is 0.540. The fourth-order valence-corrected chi connectivity index (χ4v) is 2.30. The number of benzene rings is 2. The molecule has 3 rings (SSSR count). The van der Waals surface area contributed by atoms with Crippen LogP contribution in [-0.2, 0) is 0 Å². The third kappa shape index (κ3) is 3.06. The average molecular weight is 311 g/mol. The first kappa shape index (κ1) is 14.8. The molecular formula is C17H13NO5. The molecule has 0 amide bonds. The fourth-order valence-electron chi connectivity index (χ4n) is 2.30. The number of allylic oxidation sites excluding steroid dienone is 1. The van der Waals surface area contributed by atoms with Gasteiger partial charge in [-0.3, -0.25) is 14.9 Å². The molecule has 0 saturated heterocycles. The maximum Gasteiger partial charge on any atom is 0.280 e. The molecule has 0 aliphatic carbocycles. The Morgan fingerprint density at radius 3 is 2.65 bits per heavy atom. The smallest absolute Gasteiger partial charge is 0.280 e. The van der Waals surface area contributed by atoms with Gasteiger partial charge in [-0.25, -0.2) is 0 Å². The quantitative estimate of drug-likeness (QED) is 0.373. The highest BCUT2D eigenvalue weighted by Gasteiger charge is 2.22. The van der Waals surface area contributed by atoms with E-state index in [1.807, 2.05) is 13.0 Å². The van der Waals surface area contributed by atoms with Crippen molar-refractivity contribution in [3.63, 3.8) is 0 Å². The molecule has 0 N–H and O–H groups in total. The number of hydrogen-bond donors (Lipinski definition) is 0. The lowest BCUT2D eigenvalue weighted by atomic mass is 10.1. The van der Waals surface area contributed by atoms with Gasteiger partial charge in [0.25, 0.3) is 5.69 Å². The van der Waals surface area contributed by atoms with Crippen LogP contribution in [0, 0.1) is 17.0 Å². The van der Waals surface area contributed by atoms with E-state index in [1.165, 1.54) is 24.3 Å². The van der Waals surface area contributed by atoms with Crippen LogP contribution in [0.1, 0.15) is 21.5 Å². The molecule has 0 atom stereocenters. The molecule has 6 nitrogen and oxygen atoms in total. The highest BCUT2D eigenvalue weighted by Crippen LogP contribution is 2.38. The molecule has 0 saturated carbocycles. The topological polar surface area (TPSA) is 78.7 Å². The molecule has 0 unspecified atom stereocenters. The van der Waals surface area contributed by atoms with Crippen LogP contribution in [0.3, 0.4) is 0 Å². The number of nitrogens with zero attached hydrogens (tertiary/aromatic N) is 1. The van der Waals surface area contributed by atoms with Gasteiger partial charge in [0.05, 0.1) is 16.6 Å². The van der Waals surface area contributed by atoms with Gasteiger partial charge < -0.3 is 9.47 Å². The van der Waals surface area contributed by atoms with Crippen molar-refractivity contribution in [3.05, 3.63) is 69.3 Å². The van der Waals surface area contributed by atoms with Crippen molar-refractivity contribution in [1.29, 1.82) is 0 Å². The highest BCUT2D eigenvalue weighted by atomic mass is 16.7. The Labute approximate surface area is 132 Å². The summed E-state index contributed by atoms with van der Waals surface area (Å²) in [5, 5.41) is 11.2. The number of nitro groups is 1. The van der Waals surface area contributed by atoms with Gasteiger partial charge in [-0.2, -0.15) is 0 Å². The third-order valence-electron chi connectivity index (χ3n) is 3.44. The molecule has 0 aromatic heterocycles. The standard InChI is InChI=1S/C17H13NO5/c1-11-3-2-4-13(7-11)15(19)6-5-12-8-16-17(23-10-22-16)9-14(12)18(20)21/h2-9H,10H2,1H3/b6-5+. The number of carbonyl (C=O) groups excluding carboxylic acids is 1. The van der Waals surface area contributed by atoms with Crippen LogP contribution in [0.2, 0.25) is 0 Å². The van der Waals surface area contributed by atoms with Gasteiger partial charge in [-0.1, -0.05) is 23.8 Å². The fraction of sp³-hybridized carbons (Fsp3) is 0.118. The van der Waals surface area contributed by atoms with E-state index in [0.29, 0.717) is 22.6 Å². The van der Waals surface area contributed by atoms with Crippen molar-refractivity contribution in [1.82, 2.24) is 0 Å². The predicted octanol–water partition coefficient (Wildman–Crippen LogP) is 3.53.